The first kappa shape index (κ1) is 11.2. The average Bonchev–Trinajstić information content (AvgIpc) is 2.31. The molecule has 1 aliphatic rings. The molecule has 0 amide bonds. The third-order valence-electron chi connectivity index (χ3n) is 3.26. The van der Waals surface area contributed by atoms with E-state index in [-0.39, 0.29) is 0 Å². The fraction of sp³-hybridized carbons (Fsp3) is 0.500. The van der Waals surface area contributed by atoms with E-state index in [0.717, 1.165) is 10.3 Å². The van der Waals surface area contributed by atoms with Crippen molar-refractivity contribution in [3.63, 3.8) is 0 Å². The van der Waals surface area contributed by atoms with Crippen molar-refractivity contribution in [2.45, 2.75) is 32.1 Å². The van der Waals surface area contributed by atoms with Crippen LogP contribution in [0.2, 0.25) is 0 Å². The molecule has 0 radical (unpaired) electrons. The van der Waals surface area contributed by atoms with E-state index < -0.39 is 0 Å². The van der Waals surface area contributed by atoms with Gasteiger partial charge in [-0.05, 0) is 25.0 Å². The van der Waals surface area contributed by atoms with E-state index in [9.17, 15) is 5.21 Å². The summed E-state index contributed by atoms with van der Waals surface area (Å²) >= 11 is 0. The van der Waals surface area contributed by atoms with Crippen LogP contribution in [0.4, 0.5) is 0 Å². The number of nitrogens with zero attached hydrogens (tertiary/aromatic N) is 1. The van der Waals surface area contributed by atoms with Crippen molar-refractivity contribution in [1.29, 1.82) is 0 Å². The molecule has 16 heavy (non-hydrogen) atoms. The molecule has 0 bridgehead atoms. The molecule has 1 fully saturated rings. The lowest BCUT2D eigenvalue weighted by atomic mass is 9.89. The summed E-state index contributed by atoms with van der Waals surface area (Å²) in [5.41, 5.74) is 0.994. The molecule has 1 aliphatic carbocycles. The van der Waals surface area contributed by atoms with Crippen LogP contribution in [0.15, 0.2) is 30.3 Å². The van der Waals surface area contributed by atoms with Crippen LogP contribution in [-0.4, -0.2) is 17.5 Å². The molecule has 86 valence electrons. The van der Waals surface area contributed by atoms with E-state index in [1.54, 1.807) is 6.21 Å². The first-order valence-corrected chi connectivity index (χ1v) is 6.18. The topological polar surface area (TPSA) is 26.1 Å². The van der Waals surface area contributed by atoms with Gasteiger partial charge >= 0.3 is 0 Å². The van der Waals surface area contributed by atoms with Crippen molar-refractivity contribution in [2.75, 3.05) is 6.54 Å². The molecule has 1 aromatic carbocycles. The molecule has 2 rings (SSSR count). The molecule has 1 aromatic rings. The largest absolute Gasteiger partial charge is 0.624 e. The summed E-state index contributed by atoms with van der Waals surface area (Å²) in [7, 11) is 0. The zero-order chi connectivity index (χ0) is 11.2. The number of hydrogen-bond donors (Lipinski definition) is 0. The zero-order valence-electron chi connectivity index (χ0n) is 9.64. The van der Waals surface area contributed by atoms with Gasteiger partial charge in [0.05, 0.1) is 0 Å². The minimum Gasteiger partial charge on any atom is -0.624 e. The molecule has 0 aromatic heterocycles. The van der Waals surface area contributed by atoms with Gasteiger partial charge in [0.15, 0.2) is 12.8 Å². The first-order chi connectivity index (χ1) is 7.84. The molecule has 0 atom stereocenters. The van der Waals surface area contributed by atoms with Crippen LogP contribution in [0.25, 0.3) is 0 Å². The minimum atomic E-state index is 0.603. The number of hydroxylamine groups is 1. The molecule has 2 nitrogen and oxygen atoms in total. The molecule has 0 unspecified atom stereocenters. The van der Waals surface area contributed by atoms with Crippen molar-refractivity contribution in [3.05, 3.63) is 41.1 Å². The summed E-state index contributed by atoms with van der Waals surface area (Å²) in [6, 6.07) is 9.81. The van der Waals surface area contributed by atoms with Gasteiger partial charge in [0, 0.05) is 11.5 Å². The highest BCUT2D eigenvalue weighted by Crippen LogP contribution is 2.23. The van der Waals surface area contributed by atoms with Crippen molar-refractivity contribution in [1.82, 2.24) is 0 Å². The Balaban J connectivity index is 1.91. The standard InChI is InChI=1S/C14H19NO/c16-15(11-13-7-3-1-4-8-13)12-14-9-5-2-6-10-14/h1,3-4,7-8,11,14H,2,5-6,9-10,12H2/b15-11-. The van der Waals surface area contributed by atoms with E-state index in [2.05, 4.69) is 0 Å². The second-order valence-electron chi connectivity index (χ2n) is 4.64. The van der Waals surface area contributed by atoms with Gasteiger partial charge in [-0.2, -0.15) is 0 Å². The van der Waals surface area contributed by atoms with Crippen LogP contribution in [-0.2, 0) is 0 Å². The van der Waals surface area contributed by atoms with Crippen LogP contribution < -0.4 is 0 Å². The summed E-state index contributed by atoms with van der Waals surface area (Å²) in [6.07, 6.45) is 8.09. The van der Waals surface area contributed by atoms with E-state index in [1.807, 2.05) is 30.3 Å². The summed E-state index contributed by atoms with van der Waals surface area (Å²) in [5, 5.41) is 11.7. The summed E-state index contributed by atoms with van der Waals surface area (Å²) in [6.45, 7) is 0.662. The lowest BCUT2D eigenvalue weighted by Crippen LogP contribution is -2.19. The summed E-state index contributed by atoms with van der Waals surface area (Å²) < 4.78 is 1.10. The van der Waals surface area contributed by atoms with E-state index in [0.29, 0.717) is 12.5 Å². The molecule has 2 heteroatoms. The van der Waals surface area contributed by atoms with Crippen molar-refractivity contribution in [3.8, 4) is 0 Å². The first-order valence-electron chi connectivity index (χ1n) is 6.18. The van der Waals surface area contributed by atoms with Gasteiger partial charge in [-0.3, -0.25) is 0 Å². The van der Waals surface area contributed by atoms with Crippen LogP contribution >= 0.6 is 0 Å². The Kier molecular flexibility index (Phi) is 3.97. The van der Waals surface area contributed by atoms with Gasteiger partial charge in [0.1, 0.15) is 0 Å². The van der Waals surface area contributed by atoms with Crippen LogP contribution in [0.5, 0.6) is 0 Å². The predicted octanol–water partition coefficient (Wildman–Crippen LogP) is 3.20. The zero-order valence-corrected chi connectivity index (χ0v) is 9.64. The fourth-order valence-electron chi connectivity index (χ4n) is 2.38. The Morgan fingerprint density at radius 2 is 1.81 bits per heavy atom. The van der Waals surface area contributed by atoms with Gasteiger partial charge in [0.25, 0.3) is 0 Å². The maximum Gasteiger partial charge on any atom is 0.181 e. The Bertz CT molecular complexity index is 339. The summed E-state index contributed by atoms with van der Waals surface area (Å²) in [4.78, 5) is 0. The Labute approximate surface area is 97.2 Å². The fourth-order valence-corrected chi connectivity index (χ4v) is 2.38. The third-order valence-corrected chi connectivity index (χ3v) is 3.26. The van der Waals surface area contributed by atoms with Crippen molar-refractivity contribution >= 4 is 6.21 Å². The van der Waals surface area contributed by atoms with Gasteiger partial charge in [-0.1, -0.05) is 37.5 Å². The third kappa shape index (κ3) is 3.37. The lowest BCUT2D eigenvalue weighted by molar-refractivity contribution is -0.462. The molecule has 0 saturated heterocycles. The van der Waals surface area contributed by atoms with Gasteiger partial charge in [-0.15, -0.1) is 0 Å². The highest BCUT2D eigenvalue weighted by molar-refractivity contribution is 5.75. The molecule has 0 N–H and O–H groups in total. The van der Waals surface area contributed by atoms with Crippen molar-refractivity contribution in [2.24, 2.45) is 5.92 Å². The minimum absolute atomic E-state index is 0.603. The van der Waals surface area contributed by atoms with Crippen LogP contribution in [0.3, 0.4) is 0 Å². The van der Waals surface area contributed by atoms with E-state index in [4.69, 9.17) is 0 Å². The van der Waals surface area contributed by atoms with Gasteiger partial charge in [0.2, 0.25) is 0 Å². The molecular formula is C14H19NO. The monoisotopic (exact) mass is 217 g/mol. The predicted molar refractivity (Wildman–Crippen MR) is 66.7 cm³/mol. The van der Waals surface area contributed by atoms with Crippen LogP contribution in [0, 0.1) is 11.1 Å². The molecule has 0 spiro atoms. The summed E-state index contributed by atoms with van der Waals surface area (Å²) in [5.74, 6) is 0.603. The Hall–Kier alpha value is -1.31. The highest BCUT2D eigenvalue weighted by atomic mass is 16.5. The number of rotatable bonds is 3. The number of benzene rings is 1. The second kappa shape index (κ2) is 5.69. The normalized spacial score (nSPS) is 18.6. The maximum atomic E-state index is 11.7. The highest BCUT2D eigenvalue weighted by Gasteiger charge is 2.16. The molecule has 0 heterocycles. The Morgan fingerprint density at radius 3 is 2.50 bits per heavy atom. The average molecular weight is 217 g/mol. The van der Waals surface area contributed by atoms with Crippen LogP contribution in [0.1, 0.15) is 37.7 Å². The van der Waals surface area contributed by atoms with E-state index >= 15 is 0 Å². The van der Waals surface area contributed by atoms with E-state index in [1.165, 1.54) is 32.1 Å². The number of hydrogen-bond acceptors (Lipinski definition) is 1. The maximum absolute atomic E-state index is 11.7. The molecule has 1 saturated carbocycles. The molecular weight excluding hydrogens is 198 g/mol. The lowest BCUT2D eigenvalue weighted by Gasteiger charge is -2.20. The Morgan fingerprint density at radius 1 is 1.12 bits per heavy atom. The second-order valence-corrected chi connectivity index (χ2v) is 4.64. The quantitative estimate of drug-likeness (QED) is 0.330. The SMILES string of the molecule is [O-]/[N+](=C\c1ccccc1)CC1CCCCC1. The van der Waals surface area contributed by atoms with Crippen molar-refractivity contribution < 1.29 is 4.74 Å². The van der Waals surface area contributed by atoms with Gasteiger partial charge in [-0.25, -0.2) is 4.74 Å². The molecule has 0 aliphatic heterocycles. The van der Waals surface area contributed by atoms with Gasteiger partial charge < -0.3 is 5.21 Å². The smallest absolute Gasteiger partial charge is 0.181 e.